The lowest BCUT2D eigenvalue weighted by molar-refractivity contribution is -0.384. The number of hydrogen-bond acceptors (Lipinski definition) is 5. The van der Waals surface area contributed by atoms with Crippen LogP contribution in [-0.2, 0) is 10.3 Å². The van der Waals surface area contributed by atoms with E-state index in [0.717, 1.165) is 0 Å². The van der Waals surface area contributed by atoms with Gasteiger partial charge in [-0.05, 0) is 18.6 Å². The van der Waals surface area contributed by atoms with E-state index < -0.39 is 15.2 Å². The average Bonchev–Trinajstić information content (AvgIpc) is 2.26. The van der Waals surface area contributed by atoms with E-state index in [1.54, 1.807) is 0 Å². The summed E-state index contributed by atoms with van der Waals surface area (Å²) >= 11 is 0. The first-order chi connectivity index (χ1) is 7.94. The number of nitrogens with one attached hydrogen (secondary N) is 1. The van der Waals surface area contributed by atoms with Crippen LogP contribution in [0.1, 0.15) is 13.3 Å². The van der Waals surface area contributed by atoms with Crippen molar-refractivity contribution < 1.29 is 17.5 Å². The van der Waals surface area contributed by atoms with Crippen molar-refractivity contribution in [3.05, 3.63) is 34.4 Å². The zero-order valence-corrected chi connectivity index (χ0v) is 9.94. The summed E-state index contributed by atoms with van der Waals surface area (Å²) in [6.45, 7) is 2.09. The Hall–Kier alpha value is -1.67. The van der Waals surface area contributed by atoms with E-state index in [1.807, 2.05) is 6.92 Å². The summed E-state index contributed by atoms with van der Waals surface area (Å²) in [5.41, 5.74) is -0.128. The Balaban J connectivity index is 2.72. The van der Waals surface area contributed by atoms with Gasteiger partial charge in [-0.25, -0.2) is 0 Å². The van der Waals surface area contributed by atoms with Crippen LogP contribution >= 0.6 is 0 Å². The Morgan fingerprint density at radius 2 is 1.94 bits per heavy atom. The van der Waals surface area contributed by atoms with Gasteiger partial charge >= 0.3 is 10.3 Å². The number of nitro benzene ring substituents is 1. The van der Waals surface area contributed by atoms with Crippen molar-refractivity contribution in [3.63, 3.8) is 0 Å². The van der Waals surface area contributed by atoms with E-state index in [-0.39, 0.29) is 18.0 Å². The van der Waals surface area contributed by atoms with Gasteiger partial charge in [0, 0.05) is 18.7 Å². The summed E-state index contributed by atoms with van der Waals surface area (Å²) in [6, 6.07) is 4.79. The number of nitrogens with zero attached hydrogens (tertiary/aromatic N) is 1. The van der Waals surface area contributed by atoms with Crippen molar-refractivity contribution in [3.8, 4) is 5.75 Å². The number of hydrogen-bond donors (Lipinski definition) is 1. The quantitative estimate of drug-likeness (QED) is 0.612. The number of non-ortho nitro benzene ring substituents is 1. The van der Waals surface area contributed by atoms with Crippen LogP contribution in [0.25, 0.3) is 0 Å². The first-order valence-corrected chi connectivity index (χ1v) is 6.29. The highest BCUT2D eigenvalue weighted by molar-refractivity contribution is 7.85. The lowest BCUT2D eigenvalue weighted by Crippen LogP contribution is -2.28. The maximum atomic E-state index is 11.3. The van der Waals surface area contributed by atoms with E-state index in [1.165, 1.54) is 24.3 Å². The fourth-order valence-corrected chi connectivity index (χ4v) is 1.88. The van der Waals surface area contributed by atoms with Crippen molar-refractivity contribution in [2.24, 2.45) is 0 Å². The van der Waals surface area contributed by atoms with Gasteiger partial charge in [0.15, 0.2) is 0 Å². The van der Waals surface area contributed by atoms with Crippen LogP contribution in [0.15, 0.2) is 24.3 Å². The molecule has 0 radical (unpaired) electrons. The fraction of sp³-hybridized carbons (Fsp3) is 0.333. The molecule has 0 aliphatic heterocycles. The second kappa shape index (κ2) is 5.60. The highest BCUT2D eigenvalue weighted by atomic mass is 32.2. The molecule has 94 valence electrons. The minimum atomic E-state index is -3.85. The van der Waals surface area contributed by atoms with Gasteiger partial charge in [-0.1, -0.05) is 6.92 Å². The molecule has 1 N–H and O–H groups in total. The third kappa shape index (κ3) is 4.37. The smallest absolute Gasteiger partial charge is 0.371 e. The molecule has 0 amide bonds. The zero-order chi connectivity index (χ0) is 12.9. The first-order valence-electron chi connectivity index (χ1n) is 4.88. The van der Waals surface area contributed by atoms with Crippen molar-refractivity contribution in [1.29, 1.82) is 0 Å². The van der Waals surface area contributed by atoms with Crippen molar-refractivity contribution in [2.75, 3.05) is 6.54 Å². The molecule has 7 nitrogen and oxygen atoms in total. The topological polar surface area (TPSA) is 98.5 Å². The van der Waals surface area contributed by atoms with E-state index in [9.17, 15) is 18.5 Å². The molecule has 1 aromatic rings. The summed E-state index contributed by atoms with van der Waals surface area (Å²) in [4.78, 5) is 9.80. The van der Waals surface area contributed by atoms with E-state index in [4.69, 9.17) is 0 Å². The summed E-state index contributed by atoms with van der Waals surface area (Å²) in [7, 11) is -3.85. The van der Waals surface area contributed by atoms with Crippen LogP contribution < -0.4 is 8.91 Å². The van der Waals surface area contributed by atoms with Gasteiger partial charge in [0.25, 0.3) is 5.69 Å². The third-order valence-corrected chi connectivity index (χ3v) is 2.75. The Labute approximate surface area is 98.8 Å². The summed E-state index contributed by atoms with van der Waals surface area (Å²) in [5, 5.41) is 10.4. The molecule has 8 heteroatoms. The van der Waals surface area contributed by atoms with Crippen LogP contribution in [0.5, 0.6) is 5.75 Å². The van der Waals surface area contributed by atoms with Crippen LogP contribution in [0.2, 0.25) is 0 Å². The molecule has 0 unspecified atom stereocenters. The predicted molar refractivity (Wildman–Crippen MR) is 60.9 cm³/mol. The van der Waals surface area contributed by atoms with Gasteiger partial charge in [-0.3, -0.25) is 10.1 Å². The molecule has 0 saturated carbocycles. The fourth-order valence-electron chi connectivity index (χ4n) is 1.01. The standard InChI is InChI=1S/C9H12N2O5S/c1-2-7-10-17(14,15)16-9-5-3-8(4-6-9)11(12)13/h3-6,10H,2,7H2,1H3. The van der Waals surface area contributed by atoms with Gasteiger partial charge in [0.05, 0.1) is 4.92 Å². The Bertz CT molecular complexity index is 483. The van der Waals surface area contributed by atoms with Crippen LogP contribution in [0.4, 0.5) is 5.69 Å². The SMILES string of the molecule is CCCNS(=O)(=O)Oc1ccc([N+](=O)[O-])cc1. The normalized spacial score (nSPS) is 11.1. The maximum absolute atomic E-state index is 11.3. The van der Waals surface area contributed by atoms with Crippen LogP contribution in [0, 0.1) is 10.1 Å². The van der Waals surface area contributed by atoms with E-state index in [2.05, 4.69) is 8.91 Å². The predicted octanol–water partition coefficient (Wildman–Crippen LogP) is 1.22. The molecule has 0 heterocycles. The third-order valence-electron chi connectivity index (χ3n) is 1.78. The molecule has 0 bridgehead atoms. The minimum Gasteiger partial charge on any atom is -0.371 e. The number of rotatable bonds is 6. The van der Waals surface area contributed by atoms with Gasteiger partial charge in [-0.2, -0.15) is 13.1 Å². The van der Waals surface area contributed by atoms with Gasteiger partial charge < -0.3 is 4.18 Å². The molecule has 0 aliphatic rings. The highest BCUT2D eigenvalue weighted by Gasteiger charge is 2.12. The van der Waals surface area contributed by atoms with Crippen LogP contribution in [-0.4, -0.2) is 19.9 Å². The molecule has 0 aliphatic carbocycles. The lowest BCUT2D eigenvalue weighted by Gasteiger charge is -2.06. The molecule has 0 saturated heterocycles. The molecule has 1 aromatic carbocycles. The van der Waals surface area contributed by atoms with Crippen LogP contribution in [0.3, 0.4) is 0 Å². The van der Waals surface area contributed by atoms with Gasteiger partial charge in [0.2, 0.25) is 0 Å². The Kier molecular flexibility index (Phi) is 4.41. The monoisotopic (exact) mass is 260 g/mol. The van der Waals surface area contributed by atoms with E-state index >= 15 is 0 Å². The highest BCUT2D eigenvalue weighted by Crippen LogP contribution is 2.18. The zero-order valence-electron chi connectivity index (χ0n) is 9.12. The Morgan fingerprint density at radius 1 is 1.35 bits per heavy atom. The number of nitro groups is 1. The van der Waals surface area contributed by atoms with Gasteiger partial charge in [-0.15, -0.1) is 0 Å². The molecule has 0 spiro atoms. The van der Waals surface area contributed by atoms with E-state index in [0.29, 0.717) is 6.42 Å². The molecule has 0 fully saturated rings. The molecular formula is C9H12N2O5S. The largest absolute Gasteiger partial charge is 0.382 e. The second-order valence-electron chi connectivity index (χ2n) is 3.18. The van der Waals surface area contributed by atoms with Crippen molar-refractivity contribution in [2.45, 2.75) is 13.3 Å². The molecule has 0 atom stereocenters. The lowest BCUT2D eigenvalue weighted by atomic mass is 10.3. The molecular weight excluding hydrogens is 248 g/mol. The molecule has 1 rings (SSSR count). The maximum Gasteiger partial charge on any atom is 0.382 e. The first kappa shape index (κ1) is 13.4. The summed E-state index contributed by atoms with van der Waals surface area (Å²) in [5.74, 6) is 0.0270. The second-order valence-corrected chi connectivity index (χ2v) is 4.55. The molecule has 0 aromatic heterocycles. The summed E-state index contributed by atoms with van der Waals surface area (Å²) in [6.07, 6.45) is 0.642. The average molecular weight is 260 g/mol. The van der Waals surface area contributed by atoms with Gasteiger partial charge in [0.1, 0.15) is 5.75 Å². The molecule has 17 heavy (non-hydrogen) atoms. The van der Waals surface area contributed by atoms with Crippen molar-refractivity contribution in [1.82, 2.24) is 4.72 Å². The summed E-state index contributed by atoms with van der Waals surface area (Å²) < 4.78 is 29.5. The minimum absolute atomic E-state index is 0.0270. The Morgan fingerprint density at radius 3 is 2.41 bits per heavy atom. The van der Waals surface area contributed by atoms with Crippen molar-refractivity contribution >= 4 is 16.0 Å². The number of benzene rings is 1.